The summed E-state index contributed by atoms with van der Waals surface area (Å²) < 4.78 is 0. The molecule has 0 atom stereocenters. The first-order chi connectivity index (χ1) is 7.93. The van der Waals surface area contributed by atoms with Crippen LogP contribution in [0, 0.1) is 0 Å². The molecule has 1 rings (SSSR count). The molecule has 1 fully saturated rings. The third kappa shape index (κ3) is 7.56. The molecule has 0 unspecified atom stereocenters. The third-order valence-electron chi connectivity index (χ3n) is 3.39. The molecule has 16 heavy (non-hydrogen) atoms. The van der Waals surface area contributed by atoms with Crippen LogP contribution in [0.4, 0.5) is 0 Å². The van der Waals surface area contributed by atoms with E-state index in [4.69, 9.17) is 0 Å². The summed E-state index contributed by atoms with van der Waals surface area (Å²) in [6.07, 6.45) is 11.4. The highest BCUT2D eigenvalue weighted by Gasteiger charge is 2.08. The van der Waals surface area contributed by atoms with Gasteiger partial charge in [-0.3, -0.25) is 0 Å². The summed E-state index contributed by atoms with van der Waals surface area (Å²) in [5, 5.41) is 0. The van der Waals surface area contributed by atoms with Gasteiger partial charge in [-0.15, -0.1) is 0 Å². The zero-order valence-corrected chi connectivity index (χ0v) is 11.9. The predicted molar refractivity (Wildman–Crippen MR) is 76.4 cm³/mol. The van der Waals surface area contributed by atoms with Crippen LogP contribution in [0.15, 0.2) is 0 Å². The lowest BCUT2D eigenvalue weighted by atomic mass is 10.1. The molecule has 0 spiro atoms. The van der Waals surface area contributed by atoms with E-state index in [0.29, 0.717) is 0 Å². The van der Waals surface area contributed by atoms with Gasteiger partial charge in [-0.2, -0.15) is 11.8 Å². The molecule has 0 aromatic carbocycles. The molecule has 0 saturated carbocycles. The van der Waals surface area contributed by atoms with Crippen LogP contribution in [0.2, 0.25) is 0 Å². The van der Waals surface area contributed by atoms with Gasteiger partial charge in [-0.25, -0.2) is 0 Å². The van der Waals surface area contributed by atoms with Crippen LogP contribution in [-0.2, 0) is 0 Å². The second kappa shape index (κ2) is 10.5. The van der Waals surface area contributed by atoms with E-state index < -0.39 is 0 Å². The molecule has 0 amide bonds. The van der Waals surface area contributed by atoms with Gasteiger partial charge in [0.15, 0.2) is 0 Å². The fraction of sp³-hybridized carbons (Fsp3) is 1.00. The Morgan fingerprint density at radius 3 is 2.38 bits per heavy atom. The zero-order valence-electron chi connectivity index (χ0n) is 11.0. The summed E-state index contributed by atoms with van der Waals surface area (Å²) in [5.74, 6) is 2.74. The number of hydrogen-bond donors (Lipinski definition) is 0. The Bertz CT molecular complexity index is 144. The monoisotopic (exact) mass is 243 g/mol. The van der Waals surface area contributed by atoms with E-state index in [9.17, 15) is 0 Å². The van der Waals surface area contributed by atoms with Gasteiger partial charge in [0.2, 0.25) is 0 Å². The van der Waals surface area contributed by atoms with Gasteiger partial charge in [0.05, 0.1) is 0 Å². The Balaban J connectivity index is 1.77. The second-order valence-electron chi connectivity index (χ2n) is 4.93. The van der Waals surface area contributed by atoms with E-state index >= 15 is 0 Å². The van der Waals surface area contributed by atoms with Crippen molar-refractivity contribution in [3.8, 4) is 0 Å². The molecular weight excluding hydrogens is 214 g/mol. The van der Waals surface area contributed by atoms with Gasteiger partial charge in [0, 0.05) is 12.3 Å². The van der Waals surface area contributed by atoms with Crippen molar-refractivity contribution < 1.29 is 0 Å². The van der Waals surface area contributed by atoms with E-state index in [2.05, 4.69) is 23.6 Å². The van der Waals surface area contributed by atoms with Crippen molar-refractivity contribution in [3.63, 3.8) is 0 Å². The van der Waals surface area contributed by atoms with E-state index in [1.165, 1.54) is 82.5 Å². The third-order valence-corrected chi connectivity index (χ3v) is 4.44. The van der Waals surface area contributed by atoms with Crippen molar-refractivity contribution in [1.29, 1.82) is 0 Å². The van der Waals surface area contributed by atoms with Crippen molar-refractivity contribution in [2.24, 2.45) is 0 Å². The molecule has 0 N–H and O–H groups in total. The van der Waals surface area contributed by atoms with Crippen molar-refractivity contribution in [1.82, 2.24) is 4.90 Å². The van der Waals surface area contributed by atoms with Crippen LogP contribution in [0.1, 0.15) is 58.3 Å². The van der Waals surface area contributed by atoms with Gasteiger partial charge in [-0.1, -0.05) is 39.0 Å². The van der Waals surface area contributed by atoms with Gasteiger partial charge in [-0.05, 0) is 38.1 Å². The number of rotatable bonds is 9. The molecule has 96 valence electrons. The maximum absolute atomic E-state index is 2.65. The average Bonchev–Trinajstić information content (AvgIpc) is 2.34. The zero-order chi connectivity index (χ0) is 11.5. The van der Waals surface area contributed by atoms with Gasteiger partial charge in [0.25, 0.3) is 0 Å². The van der Waals surface area contributed by atoms with Crippen LogP contribution < -0.4 is 0 Å². The molecule has 0 bridgehead atoms. The Kier molecular flexibility index (Phi) is 9.40. The lowest BCUT2D eigenvalue weighted by Crippen LogP contribution is -2.31. The molecule has 1 heterocycles. The minimum absolute atomic E-state index is 1.33. The Hall–Kier alpha value is 0.310. The molecule has 0 aromatic rings. The van der Waals surface area contributed by atoms with Crippen LogP contribution in [0.25, 0.3) is 0 Å². The molecule has 1 aliphatic heterocycles. The number of hydrogen-bond acceptors (Lipinski definition) is 2. The molecular formula is C14H29NS. The van der Waals surface area contributed by atoms with E-state index in [0.717, 1.165) is 0 Å². The Labute approximate surface area is 106 Å². The van der Waals surface area contributed by atoms with Gasteiger partial charge >= 0.3 is 0 Å². The highest BCUT2D eigenvalue weighted by molar-refractivity contribution is 7.99. The predicted octanol–water partition coefficient (Wildman–Crippen LogP) is 4.18. The highest BCUT2D eigenvalue weighted by atomic mass is 32.2. The molecule has 1 aliphatic rings. The molecule has 0 radical (unpaired) electrons. The standard InChI is InChI=1S/C14H29NS/c1-2-3-4-5-9-13-16-14-12-15-10-7-6-8-11-15/h2-14H2,1H3. The minimum atomic E-state index is 1.33. The van der Waals surface area contributed by atoms with E-state index in [-0.39, 0.29) is 0 Å². The fourth-order valence-electron chi connectivity index (χ4n) is 2.29. The van der Waals surface area contributed by atoms with Crippen molar-refractivity contribution >= 4 is 11.8 Å². The smallest absolute Gasteiger partial charge is 0.00723 e. The normalized spacial score (nSPS) is 17.8. The topological polar surface area (TPSA) is 3.24 Å². The lowest BCUT2D eigenvalue weighted by molar-refractivity contribution is 0.242. The number of thioether (sulfide) groups is 1. The second-order valence-corrected chi connectivity index (χ2v) is 6.15. The van der Waals surface area contributed by atoms with Crippen LogP contribution in [0.3, 0.4) is 0 Å². The molecule has 0 aliphatic carbocycles. The summed E-state index contributed by atoms with van der Waals surface area (Å²) in [7, 11) is 0. The maximum Gasteiger partial charge on any atom is 0.00723 e. The molecule has 1 nitrogen and oxygen atoms in total. The first-order valence-electron chi connectivity index (χ1n) is 7.23. The largest absolute Gasteiger partial charge is 0.303 e. The van der Waals surface area contributed by atoms with Crippen LogP contribution in [-0.4, -0.2) is 36.0 Å². The molecule has 0 aromatic heterocycles. The SMILES string of the molecule is CCCCCCCSCCN1CCCCC1. The maximum atomic E-state index is 2.65. The fourth-order valence-corrected chi connectivity index (χ4v) is 3.29. The summed E-state index contributed by atoms with van der Waals surface area (Å²) >= 11 is 2.16. The summed E-state index contributed by atoms with van der Waals surface area (Å²) in [6.45, 7) is 6.33. The van der Waals surface area contributed by atoms with Crippen molar-refractivity contribution in [2.75, 3.05) is 31.1 Å². The molecule has 2 heteroatoms. The number of piperidine rings is 1. The molecule has 1 saturated heterocycles. The summed E-state index contributed by atoms with van der Waals surface area (Å²) in [6, 6.07) is 0. The van der Waals surface area contributed by atoms with Crippen molar-refractivity contribution in [3.05, 3.63) is 0 Å². The first-order valence-corrected chi connectivity index (χ1v) is 8.39. The van der Waals surface area contributed by atoms with E-state index in [1.807, 2.05) is 0 Å². The number of likely N-dealkylation sites (tertiary alicyclic amines) is 1. The quantitative estimate of drug-likeness (QED) is 0.559. The Morgan fingerprint density at radius 1 is 0.875 bits per heavy atom. The average molecular weight is 243 g/mol. The Morgan fingerprint density at radius 2 is 1.62 bits per heavy atom. The number of unbranched alkanes of at least 4 members (excludes halogenated alkanes) is 4. The lowest BCUT2D eigenvalue weighted by Gasteiger charge is -2.26. The van der Waals surface area contributed by atoms with Crippen LogP contribution in [0.5, 0.6) is 0 Å². The number of nitrogens with zero attached hydrogens (tertiary/aromatic N) is 1. The van der Waals surface area contributed by atoms with Crippen molar-refractivity contribution in [2.45, 2.75) is 58.3 Å². The van der Waals surface area contributed by atoms with Gasteiger partial charge < -0.3 is 4.90 Å². The first kappa shape index (κ1) is 14.4. The summed E-state index contributed by atoms with van der Waals surface area (Å²) in [4.78, 5) is 2.65. The van der Waals surface area contributed by atoms with Crippen LogP contribution >= 0.6 is 11.8 Å². The van der Waals surface area contributed by atoms with E-state index in [1.54, 1.807) is 0 Å². The minimum Gasteiger partial charge on any atom is -0.303 e. The summed E-state index contributed by atoms with van der Waals surface area (Å²) in [5.41, 5.74) is 0. The highest BCUT2D eigenvalue weighted by Crippen LogP contribution is 2.12. The van der Waals surface area contributed by atoms with Gasteiger partial charge in [0.1, 0.15) is 0 Å².